The van der Waals surface area contributed by atoms with Crippen molar-refractivity contribution < 1.29 is 4.79 Å². The Kier molecular flexibility index (Phi) is 7.85. The average Bonchev–Trinajstić information content (AvgIpc) is 2.77. The third kappa shape index (κ3) is 3.65. The summed E-state index contributed by atoms with van der Waals surface area (Å²) >= 11 is 6.25. The quantitative estimate of drug-likeness (QED) is 0.396. The van der Waals surface area contributed by atoms with E-state index < -0.39 is 9.16 Å². The van der Waals surface area contributed by atoms with Gasteiger partial charge in [0, 0.05) is 18.7 Å². The molecule has 0 saturated carbocycles. The highest BCUT2D eigenvalue weighted by atomic mass is 32.3. The maximum atomic E-state index is 14.4. The number of hydrogen-bond acceptors (Lipinski definition) is 2. The molecule has 4 heteroatoms. The summed E-state index contributed by atoms with van der Waals surface area (Å²) in [5, 5.41) is 0.255. The van der Waals surface area contributed by atoms with Gasteiger partial charge < -0.3 is 4.90 Å². The molecular weight excluding hydrogens is 382 g/mol. The van der Waals surface area contributed by atoms with E-state index in [1.165, 1.54) is 0 Å². The van der Waals surface area contributed by atoms with Gasteiger partial charge in [0.05, 0.1) is 0 Å². The van der Waals surface area contributed by atoms with Gasteiger partial charge in [0.25, 0.3) is 0 Å². The zero-order chi connectivity index (χ0) is 20.6. The maximum Gasteiger partial charge on any atom is 0.196 e. The molecule has 0 fully saturated rings. The lowest BCUT2D eigenvalue weighted by atomic mass is 10.2. The van der Waals surface area contributed by atoms with Gasteiger partial charge in [0.15, 0.2) is 5.12 Å². The van der Waals surface area contributed by atoms with Gasteiger partial charge in [0.2, 0.25) is 0 Å². The van der Waals surface area contributed by atoms with Gasteiger partial charge in [-0.3, -0.25) is 4.79 Å². The van der Waals surface area contributed by atoms with Crippen LogP contribution in [0.5, 0.6) is 0 Å². The Bertz CT molecular complexity index is 789. The molecule has 0 aliphatic carbocycles. The molecule has 0 N–H and O–H groups in total. The number of carbonyl (C=O) groups excluding carboxylic acids is 1. The molecule has 2 aromatic rings. The minimum absolute atomic E-state index is 0.255. The number of benzene rings is 2. The van der Waals surface area contributed by atoms with Gasteiger partial charge in [0.1, 0.15) is 4.32 Å². The highest BCUT2D eigenvalue weighted by Crippen LogP contribution is 2.78. The Morgan fingerprint density at radius 2 is 1.43 bits per heavy atom. The molecule has 0 bridgehead atoms. The molecule has 0 amide bonds. The first-order chi connectivity index (χ1) is 13.5. The molecule has 0 unspecified atom stereocenters. The molecule has 2 aromatic carbocycles. The molecule has 0 saturated heterocycles. The zero-order valence-electron chi connectivity index (χ0n) is 17.7. The second-order valence-electron chi connectivity index (χ2n) is 7.36. The van der Waals surface area contributed by atoms with E-state index in [9.17, 15) is 4.79 Å². The van der Waals surface area contributed by atoms with Crippen LogP contribution in [-0.2, 0) is 0 Å². The van der Waals surface area contributed by atoms with Crippen LogP contribution in [0.4, 0.5) is 0 Å². The normalized spacial score (nSPS) is 12.8. The van der Waals surface area contributed by atoms with E-state index in [1.54, 1.807) is 0 Å². The lowest BCUT2D eigenvalue weighted by Gasteiger charge is -2.62. The van der Waals surface area contributed by atoms with Crippen LogP contribution >= 0.6 is 21.4 Å². The molecule has 0 aliphatic heterocycles. The number of thiocarbonyl (C=S) groups is 1. The molecule has 0 radical (unpaired) electrons. The highest BCUT2D eigenvalue weighted by Gasteiger charge is 2.53. The Morgan fingerprint density at radius 1 is 0.893 bits per heavy atom. The summed E-state index contributed by atoms with van der Waals surface area (Å²) in [6, 6.07) is 20.2. The number of hydrogen-bond donors (Lipinski definition) is 1. The monoisotopic (exact) mass is 417 g/mol. The smallest absolute Gasteiger partial charge is 0.196 e. The predicted molar refractivity (Wildman–Crippen MR) is 130 cm³/mol. The fourth-order valence-corrected chi connectivity index (χ4v) is 11.9. The van der Waals surface area contributed by atoms with Gasteiger partial charge in [-0.1, -0.05) is 93.1 Å². The van der Waals surface area contributed by atoms with Crippen molar-refractivity contribution in [3.8, 4) is 0 Å². The van der Waals surface area contributed by atoms with Crippen molar-refractivity contribution in [3.63, 3.8) is 0 Å². The van der Waals surface area contributed by atoms with Gasteiger partial charge in [-0.2, -0.15) is 9.16 Å². The van der Waals surface area contributed by atoms with E-state index in [4.69, 9.17) is 12.2 Å². The van der Waals surface area contributed by atoms with Crippen molar-refractivity contribution in [3.05, 3.63) is 66.2 Å². The standard InChI is InChI=1S/C24H35NOS2/c1-5-9-20-28(8-4,22-18-14-11-15-19-22,24(27)25(6-2)7-3)23(26)21-16-12-10-13-17-21/h10-19,28H,5-9,20H2,1-4H3. The van der Waals surface area contributed by atoms with Crippen molar-refractivity contribution in [1.82, 2.24) is 4.90 Å². The van der Waals surface area contributed by atoms with E-state index in [-0.39, 0.29) is 5.12 Å². The van der Waals surface area contributed by atoms with Gasteiger partial charge in [-0.05, 0) is 36.7 Å². The fourth-order valence-electron chi connectivity index (χ4n) is 4.28. The summed E-state index contributed by atoms with van der Waals surface area (Å²) in [5.74, 6) is 1.63. The summed E-state index contributed by atoms with van der Waals surface area (Å²) in [6.07, 6.45) is 2.05. The summed E-state index contributed by atoms with van der Waals surface area (Å²) in [6.45, 7) is 10.3. The van der Waals surface area contributed by atoms with Crippen LogP contribution in [0.25, 0.3) is 0 Å². The van der Waals surface area contributed by atoms with Crippen molar-refractivity contribution >= 4 is 30.8 Å². The maximum absolute atomic E-state index is 14.4. The molecule has 0 spiro atoms. The largest absolute Gasteiger partial charge is 0.360 e. The Morgan fingerprint density at radius 3 is 1.89 bits per heavy atom. The van der Waals surface area contributed by atoms with Gasteiger partial charge in [-0.25, -0.2) is 0 Å². The first kappa shape index (κ1) is 22.6. The van der Waals surface area contributed by atoms with Gasteiger partial charge >= 0.3 is 0 Å². The van der Waals surface area contributed by atoms with E-state index in [1.807, 2.05) is 36.4 Å². The fraction of sp³-hybridized carbons (Fsp3) is 0.417. The summed E-state index contributed by atoms with van der Waals surface area (Å²) < 4.78 is 0.895. The van der Waals surface area contributed by atoms with Crippen LogP contribution in [0.3, 0.4) is 0 Å². The van der Waals surface area contributed by atoms with Gasteiger partial charge in [-0.15, -0.1) is 0 Å². The Hall–Kier alpha value is -1.65. The van der Waals surface area contributed by atoms with Crippen LogP contribution in [0.1, 0.15) is 50.9 Å². The van der Waals surface area contributed by atoms with E-state index in [2.05, 4.69) is 56.9 Å². The van der Waals surface area contributed by atoms with Crippen molar-refractivity contribution in [2.75, 3.05) is 24.6 Å². The van der Waals surface area contributed by atoms with Crippen LogP contribution in [-0.4, -0.2) is 38.9 Å². The Balaban J connectivity index is 2.90. The average molecular weight is 418 g/mol. The summed E-state index contributed by atoms with van der Waals surface area (Å²) in [4.78, 5) is 17.8. The SMILES string of the molecule is CCCC[SH](CC)(C(=O)c1ccccc1)(C(=S)N(CC)CC)c1ccccc1. The first-order valence-electron chi connectivity index (χ1n) is 10.5. The lowest BCUT2D eigenvalue weighted by molar-refractivity contribution is 0.108. The van der Waals surface area contributed by atoms with Crippen LogP contribution in [0.15, 0.2) is 65.6 Å². The molecule has 2 nitrogen and oxygen atoms in total. The molecule has 0 aromatic heterocycles. The van der Waals surface area contributed by atoms with E-state index in [0.717, 1.165) is 52.2 Å². The second kappa shape index (κ2) is 9.71. The minimum atomic E-state index is -3.27. The minimum Gasteiger partial charge on any atom is -0.360 e. The van der Waals surface area contributed by atoms with Crippen LogP contribution in [0, 0.1) is 0 Å². The Labute approximate surface area is 176 Å². The number of unbranched alkanes of at least 4 members (excludes halogenated alkanes) is 1. The molecule has 0 heterocycles. The molecule has 2 rings (SSSR count). The number of rotatable bonds is 8. The van der Waals surface area contributed by atoms with Crippen molar-refractivity contribution in [2.24, 2.45) is 0 Å². The van der Waals surface area contributed by atoms with E-state index >= 15 is 0 Å². The number of thiol groups is 1. The number of nitrogens with zero attached hydrogens (tertiary/aromatic N) is 1. The summed E-state index contributed by atoms with van der Waals surface area (Å²) in [5.41, 5.74) is 0.788. The summed E-state index contributed by atoms with van der Waals surface area (Å²) in [7, 11) is -3.27. The van der Waals surface area contributed by atoms with Crippen LogP contribution in [0.2, 0.25) is 0 Å². The third-order valence-electron chi connectivity index (χ3n) is 6.09. The molecule has 0 aliphatic rings. The van der Waals surface area contributed by atoms with Crippen molar-refractivity contribution in [1.29, 1.82) is 0 Å². The predicted octanol–water partition coefficient (Wildman–Crippen LogP) is 6.41. The zero-order valence-corrected chi connectivity index (χ0v) is 19.4. The third-order valence-corrected chi connectivity index (χ3v) is 14.4. The first-order valence-corrected chi connectivity index (χ1v) is 13.5. The molecule has 154 valence electrons. The van der Waals surface area contributed by atoms with Crippen LogP contribution < -0.4 is 0 Å². The topological polar surface area (TPSA) is 20.3 Å². The molecule has 0 atom stereocenters. The highest BCUT2D eigenvalue weighted by molar-refractivity contribution is 8.72. The molecular formula is C24H35NOS2. The number of carbonyl (C=O) groups is 1. The van der Waals surface area contributed by atoms with E-state index in [0.29, 0.717) is 0 Å². The molecule has 28 heavy (non-hydrogen) atoms. The lowest BCUT2D eigenvalue weighted by Crippen LogP contribution is -2.47. The van der Waals surface area contributed by atoms with Crippen molar-refractivity contribution in [2.45, 2.75) is 45.4 Å². The second-order valence-corrected chi connectivity index (χ2v) is 13.5.